The standard InChI is InChI=1S/C16H18N2O3/c17-8-1-2-9-20-14-5-3-4-13(10-14)18-11-15-6-7-16(12-19)21-15/h3-7,10,18-19H,1-2,9,11-12H2. The Morgan fingerprint density at radius 2 is 2.10 bits per heavy atom. The molecule has 0 aliphatic rings. The molecule has 0 fully saturated rings. The van der Waals surface area contributed by atoms with Crippen LogP contribution in [0.2, 0.25) is 0 Å². The number of hydrogen-bond donors (Lipinski definition) is 2. The van der Waals surface area contributed by atoms with Crippen LogP contribution in [-0.2, 0) is 13.2 Å². The van der Waals surface area contributed by atoms with Crippen LogP contribution in [-0.4, -0.2) is 11.7 Å². The summed E-state index contributed by atoms with van der Waals surface area (Å²) in [5, 5.41) is 20.6. The molecule has 0 amide bonds. The van der Waals surface area contributed by atoms with Crippen molar-refractivity contribution in [3.63, 3.8) is 0 Å². The number of nitrogens with zero attached hydrogens (tertiary/aromatic N) is 1. The van der Waals surface area contributed by atoms with E-state index in [9.17, 15) is 0 Å². The smallest absolute Gasteiger partial charge is 0.129 e. The van der Waals surface area contributed by atoms with Crippen molar-refractivity contribution in [1.82, 2.24) is 0 Å². The van der Waals surface area contributed by atoms with Gasteiger partial charge in [0.25, 0.3) is 0 Å². The fourth-order valence-corrected chi connectivity index (χ4v) is 1.83. The molecule has 2 N–H and O–H groups in total. The molecule has 0 bridgehead atoms. The molecule has 5 heteroatoms. The van der Waals surface area contributed by atoms with Crippen LogP contribution < -0.4 is 10.1 Å². The molecule has 1 aromatic heterocycles. The SMILES string of the molecule is N#CCCCOc1cccc(NCc2ccc(CO)o2)c1. The number of aliphatic hydroxyl groups is 1. The highest BCUT2D eigenvalue weighted by Gasteiger charge is 2.02. The molecule has 0 atom stereocenters. The van der Waals surface area contributed by atoms with Crippen LogP contribution in [0.5, 0.6) is 5.75 Å². The average Bonchev–Trinajstić information content (AvgIpc) is 2.98. The van der Waals surface area contributed by atoms with E-state index < -0.39 is 0 Å². The molecule has 0 aliphatic heterocycles. The van der Waals surface area contributed by atoms with Crippen molar-refractivity contribution in [2.45, 2.75) is 26.0 Å². The van der Waals surface area contributed by atoms with Crippen LogP contribution in [0.1, 0.15) is 24.4 Å². The van der Waals surface area contributed by atoms with Gasteiger partial charge in [-0.25, -0.2) is 0 Å². The van der Waals surface area contributed by atoms with Gasteiger partial charge in [0.15, 0.2) is 0 Å². The van der Waals surface area contributed by atoms with E-state index in [0.29, 0.717) is 25.3 Å². The van der Waals surface area contributed by atoms with E-state index >= 15 is 0 Å². The van der Waals surface area contributed by atoms with E-state index in [1.54, 1.807) is 6.07 Å². The number of rotatable bonds is 8. The molecule has 0 saturated heterocycles. The van der Waals surface area contributed by atoms with Gasteiger partial charge in [0.05, 0.1) is 19.2 Å². The van der Waals surface area contributed by atoms with E-state index in [1.165, 1.54) is 0 Å². The third-order valence-corrected chi connectivity index (χ3v) is 2.88. The third kappa shape index (κ3) is 4.86. The number of anilines is 1. The Labute approximate surface area is 123 Å². The minimum absolute atomic E-state index is 0.0912. The number of ether oxygens (including phenoxy) is 1. The zero-order valence-corrected chi connectivity index (χ0v) is 11.7. The summed E-state index contributed by atoms with van der Waals surface area (Å²) < 4.78 is 11.0. The van der Waals surface area contributed by atoms with Gasteiger partial charge in [-0.2, -0.15) is 5.26 Å². The van der Waals surface area contributed by atoms with Gasteiger partial charge in [-0.15, -0.1) is 0 Å². The molecule has 0 saturated carbocycles. The summed E-state index contributed by atoms with van der Waals surface area (Å²) in [6.45, 7) is 0.985. The Morgan fingerprint density at radius 1 is 1.24 bits per heavy atom. The predicted molar refractivity (Wildman–Crippen MR) is 78.7 cm³/mol. The largest absolute Gasteiger partial charge is 0.493 e. The Kier molecular flexibility index (Phi) is 5.68. The molecule has 1 heterocycles. The molecule has 0 spiro atoms. The van der Waals surface area contributed by atoms with Gasteiger partial charge >= 0.3 is 0 Å². The number of nitriles is 1. The fourth-order valence-electron chi connectivity index (χ4n) is 1.83. The van der Waals surface area contributed by atoms with Gasteiger partial charge in [-0.3, -0.25) is 0 Å². The van der Waals surface area contributed by atoms with Gasteiger partial charge in [0.2, 0.25) is 0 Å². The first-order valence-electron chi connectivity index (χ1n) is 6.84. The van der Waals surface area contributed by atoms with Gasteiger partial charge in [-0.1, -0.05) is 6.07 Å². The number of unbranched alkanes of at least 4 members (excludes halogenated alkanes) is 1. The van der Waals surface area contributed by atoms with Gasteiger partial charge < -0.3 is 19.6 Å². The maximum absolute atomic E-state index is 8.94. The van der Waals surface area contributed by atoms with Gasteiger partial charge in [0, 0.05) is 18.2 Å². The highest BCUT2D eigenvalue weighted by molar-refractivity contribution is 5.48. The second-order valence-corrected chi connectivity index (χ2v) is 4.52. The lowest BCUT2D eigenvalue weighted by molar-refractivity contribution is 0.244. The van der Waals surface area contributed by atoms with Crippen LogP contribution in [0.15, 0.2) is 40.8 Å². The summed E-state index contributed by atoms with van der Waals surface area (Å²) in [7, 11) is 0. The lowest BCUT2D eigenvalue weighted by atomic mass is 10.3. The summed E-state index contributed by atoms with van der Waals surface area (Å²) in [6.07, 6.45) is 1.23. The topological polar surface area (TPSA) is 78.4 Å². The van der Waals surface area contributed by atoms with Gasteiger partial charge in [0.1, 0.15) is 23.9 Å². The highest BCUT2D eigenvalue weighted by Crippen LogP contribution is 2.19. The maximum Gasteiger partial charge on any atom is 0.129 e. The monoisotopic (exact) mass is 286 g/mol. The minimum atomic E-state index is -0.0912. The van der Waals surface area contributed by atoms with Crippen molar-refractivity contribution in [2.24, 2.45) is 0 Å². The van der Waals surface area contributed by atoms with E-state index in [-0.39, 0.29) is 6.61 Å². The quantitative estimate of drug-likeness (QED) is 0.729. The van der Waals surface area contributed by atoms with Crippen LogP contribution in [0, 0.1) is 11.3 Å². The number of aliphatic hydroxyl groups excluding tert-OH is 1. The maximum atomic E-state index is 8.94. The summed E-state index contributed by atoms with van der Waals surface area (Å²) >= 11 is 0. The van der Waals surface area contributed by atoms with E-state index in [2.05, 4.69) is 11.4 Å². The molecular formula is C16H18N2O3. The molecule has 0 unspecified atom stereocenters. The van der Waals surface area contributed by atoms with E-state index in [4.69, 9.17) is 19.5 Å². The fraction of sp³-hybridized carbons (Fsp3) is 0.312. The van der Waals surface area contributed by atoms with Crippen molar-refractivity contribution in [2.75, 3.05) is 11.9 Å². The molecule has 5 nitrogen and oxygen atoms in total. The average molecular weight is 286 g/mol. The molecule has 0 radical (unpaired) electrons. The summed E-state index contributed by atoms with van der Waals surface area (Å²) in [6, 6.07) is 13.3. The lowest BCUT2D eigenvalue weighted by Gasteiger charge is -2.08. The van der Waals surface area contributed by atoms with Crippen molar-refractivity contribution < 1.29 is 14.3 Å². The Bertz CT molecular complexity index is 602. The second-order valence-electron chi connectivity index (χ2n) is 4.52. The van der Waals surface area contributed by atoms with Crippen LogP contribution in [0.4, 0.5) is 5.69 Å². The Balaban J connectivity index is 1.84. The minimum Gasteiger partial charge on any atom is -0.493 e. The summed E-state index contributed by atoms with van der Waals surface area (Å²) in [5.74, 6) is 2.09. The number of nitrogens with one attached hydrogen (secondary N) is 1. The van der Waals surface area contributed by atoms with E-state index in [0.717, 1.165) is 23.6 Å². The molecule has 21 heavy (non-hydrogen) atoms. The molecule has 110 valence electrons. The highest BCUT2D eigenvalue weighted by atomic mass is 16.5. The van der Waals surface area contributed by atoms with Gasteiger partial charge in [-0.05, 0) is 30.7 Å². The number of furan rings is 1. The number of benzene rings is 1. The Hall–Kier alpha value is -2.45. The first-order chi connectivity index (χ1) is 10.3. The second kappa shape index (κ2) is 7.98. The van der Waals surface area contributed by atoms with E-state index in [1.807, 2.05) is 30.3 Å². The first kappa shape index (κ1) is 14.9. The predicted octanol–water partition coefficient (Wildman–Crippen LogP) is 3.07. The van der Waals surface area contributed by atoms with Crippen molar-refractivity contribution in [1.29, 1.82) is 5.26 Å². The number of hydrogen-bond acceptors (Lipinski definition) is 5. The molecular weight excluding hydrogens is 268 g/mol. The molecule has 2 aromatic rings. The first-order valence-corrected chi connectivity index (χ1v) is 6.84. The van der Waals surface area contributed by atoms with Crippen molar-refractivity contribution >= 4 is 5.69 Å². The van der Waals surface area contributed by atoms with Crippen molar-refractivity contribution in [3.8, 4) is 11.8 Å². The normalized spacial score (nSPS) is 10.1. The summed E-state index contributed by atoms with van der Waals surface area (Å²) in [4.78, 5) is 0. The Morgan fingerprint density at radius 3 is 2.86 bits per heavy atom. The van der Waals surface area contributed by atoms with Crippen LogP contribution in [0.25, 0.3) is 0 Å². The third-order valence-electron chi connectivity index (χ3n) is 2.88. The molecule has 1 aromatic carbocycles. The van der Waals surface area contributed by atoms with Crippen LogP contribution in [0.3, 0.4) is 0 Å². The molecule has 0 aliphatic carbocycles. The van der Waals surface area contributed by atoms with Crippen LogP contribution >= 0.6 is 0 Å². The van der Waals surface area contributed by atoms with Crippen molar-refractivity contribution in [3.05, 3.63) is 47.9 Å². The zero-order chi connectivity index (χ0) is 14.9. The zero-order valence-electron chi connectivity index (χ0n) is 11.7. The lowest BCUT2D eigenvalue weighted by Crippen LogP contribution is -2.00. The summed E-state index contributed by atoms with van der Waals surface area (Å²) in [5.41, 5.74) is 0.926. The molecule has 2 rings (SSSR count).